The zero-order valence-corrected chi connectivity index (χ0v) is 32.8. The summed E-state index contributed by atoms with van der Waals surface area (Å²) >= 11 is 2.04. The molecule has 6 aromatic carbocycles. The van der Waals surface area contributed by atoms with Crippen LogP contribution in [0.2, 0.25) is 0 Å². The first kappa shape index (κ1) is 32.8. The van der Waals surface area contributed by atoms with Crippen molar-refractivity contribution in [1.82, 2.24) is 0 Å². The molecule has 260 valence electrons. The van der Waals surface area contributed by atoms with Crippen LogP contribution in [0.1, 0.15) is 78.0 Å². The number of thiophene rings is 1. The van der Waals surface area contributed by atoms with E-state index in [4.69, 9.17) is 0 Å². The van der Waals surface area contributed by atoms with Gasteiger partial charge in [-0.25, -0.2) is 0 Å². The van der Waals surface area contributed by atoms with Crippen molar-refractivity contribution in [2.24, 2.45) is 0 Å². The van der Waals surface area contributed by atoms with Crippen molar-refractivity contribution in [3.63, 3.8) is 0 Å². The molecule has 0 spiro atoms. The fraction of sp³-hybridized carbons (Fsp3) is 0.240. The van der Waals surface area contributed by atoms with E-state index in [0.717, 1.165) is 0 Å². The van der Waals surface area contributed by atoms with Gasteiger partial charge in [-0.05, 0) is 126 Å². The Kier molecular flexibility index (Phi) is 7.00. The SMILES string of the molecule is CC(C)(C)c1ccc(N2c3ccccc3B3c4sc5cc6c(cc5c4-c4c(-c5ccccc5)ccc2c43)C(C)(C)CCC6(C)C)c(-c2ccccc2)c1. The third-order valence-electron chi connectivity index (χ3n) is 12.7. The van der Waals surface area contributed by atoms with Crippen LogP contribution in [0.3, 0.4) is 0 Å². The van der Waals surface area contributed by atoms with Gasteiger partial charge in [0.2, 0.25) is 0 Å². The molecular formula is C50H46BNS. The van der Waals surface area contributed by atoms with Gasteiger partial charge in [0.05, 0.1) is 5.69 Å². The minimum atomic E-state index is 0.0316. The maximum Gasteiger partial charge on any atom is 0.260 e. The fourth-order valence-corrected chi connectivity index (χ4v) is 11.0. The van der Waals surface area contributed by atoms with Gasteiger partial charge in [-0.15, -0.1) is 11.3 Å². The largest absolute Gasteiger partial charge is 0.311 e. The first-order chi connectivity index (χ1) is 25.4. The molecule has 0 saturated carbocycles. The second-order valence-corrected chi connectivity index (χ2v) is 19.0. The van der Waals surface area contributed by atoms with Gasteiger partial charge < -0.3 is 4.90 Å². The Morgan fingerprint density at radius 1 is 0.585 bits per heavy atom. The number of para-hydroxylation sites is 1. The molecule has 3 heterocycles. The van der Waals surface area contributed by atoms with Crippen LogP contribution in [-0.2, 0) is 16.2 Å². The molecule has 0 amide bonds. The molecule has 3 aliphatic rings. The highest BCUT2D eigenvalue weighted by molar-refractivity contribution is 7.34. The number of hydrogen-bond donors (Lipinski definition) is 0. The summed E-state index contributed by atoms with van der Waals surface area (Å²) in [7, 11) is 0. The van der Waals surface area contributed by atoms with Crippen molar-refractivity contribution in [1.29, 1.82) is 0 Å². The van der Waals surface area contributed by atoms with E-state index < -0.39 is 0 Å². The molecular weight excluding hydrogens is 657 g/mol. The summed E-state index contributed by atoms with van der Waals surface area (Å²) in [5.74, 6) is 0. The Hall–Kier alpha value is -4.86. The third-order valence-corrected chi connectivity index (χ3v) is 13.9. The van der Waals surface area contributed by atoms with E-state index in [1.54, 1.807) is 5.56 Å². The van der Waals surface area contributed by atoms with E-state index in [9.17, 15) is 0 Å². The Morgan fingerprint density at radius 3 is 1.87 bits per heavy atom. The molecule has 1 aliphatic carbocycles. The minimum Gasteiger partial charge on any atom is -0.311 e. The molecule has 0 radical (unpaired) electrons. The Balaban J connectivity index is 1.30. The predicted octanol–water partition coefficient (Wildman–Crippen LogP) is 12.2. The van der Waals surface area contributed by atoms with Gasteiger partial charge in [0.1, 0.15) is 0 Å². The molecule has 0 bridgehead atoms. The van der Waals surface area contributed by atoms with Gasteiger partial charge in [-0.3, -0.25) is 0 Å². The summed E-state index contributed by atoms with van der Waals surface area (Å²) < 4.78 is 2.93. The Morgan fingerprint density at radius 2 is 1.19 bits per heavy atom. The second kappa shape index (κ2) is 11.3. The lowest BCUT2D eigenvalue weighted by Gasteiger charge is -2.42. The van der Waals surface area contributed by atoms with Gasteiger partial charge >= 0.3 is 0 Å². The van der Waals surface area contributed by atoms with Crippen LogP contribution in [0.25, 0.3) is 43.5 Å². The summed E-state index contributed by atoms with van der Waals surface area (Å²) in [4.78, 5) is 2.58. The highest BCUT2D eigenvalue weighted by atomic mass is 32.1. The van der Waals surface area contributed by atoms with Crippen LogP contribution >= 0.6 is 11.3 Å². The van der Waals surface area contributed by atoms with Crippen LogP contribution in [0.15, 0.2) is 127 Å². The minimum absolute atomic E-state index is 0.0316. The van der Waals surface area contributed by atoms with E-state index in [-0.39, 0.29) is 23.0 Å². The van der Waals surface area contributed by atoms with Crippen molar-refractivity contribution in [2.45, 2.75) is 77.6 Å². The summed E-state index contributed by atoms with van der Waals surface area (Å²) in [5.41, 5.74) is 19.4. The molecule has 1 nitrogen and oxygen atoms in total. The maximum absolute atomic E-state index is 2.62. The van der Waals surface area contributed by atoms with Gasteiger partial charge in [0.25, 0.3) is 6.71 Å². The predicted molar refractivity (Wildman–Crippen MR) is 231 cm³/mol. The Labute approximate surface area is 319 Å². The van der Waals surface area contributed by atoms with Crippen molar-refractivity contribution in [3.8, 4) is 33.4 Å². The molecule has 0 atom stereocenters. The van der Waals surface area contributed by atoms with Crippen LogP contribution in [-0.4, -0.2) is 6.71 Å². The lowest BCUT2D eigenvalue weighted by Crippen LogP contribution is -2.54. The molecule has 53 heavy (non-hydrogen) atoms. The van der Waals surface area contributed by atoms with Crippen molar-refractivity contribution in [3.05, 3.63) is 144 Å². The molecule has 1 aromatic heterocycles. The van der Waals surface area contributed by atoms with Gasteiger partial charge in [-0.2, -0.15) is 0 Å². The number of rotatable bonds is 3. The fourth-order valence-electron chi connectivity index (χ4n) is 9.66. The van der Waals surface area contributed by atoms with E-state index in [2.05, 4.69) is 181 Å². The topological polar surface area (TPSA) is 3.24 Å². The molecule has 7 aromatic rings. The summed E-state index contributed by atoms with van der Waals surface area (Å²) in [6, 6.07) is 48.5. The average molecular weight is 704 g/mol. The second-order valence-electron chi connectivity index (χ2n) is 18.0. The van der Waals surface area contributed by atoms with E-state index in [0.29, 0.717) is 0 Å². The average Bonchev–Trinajstić information content (AvgIpc) is 3.69. The van der Waals surface area contributed by atoms with Crippen molar-refractivity contribution < 1.29 is 0 Å². The van der Waals surface area contributed by atoms with Crippen molar-refractivity contribution >= 4 is 60.9 Å². The molecule has 10 rings (SSSR count). The lowest BCUT2D eigenvalue weighted by molar-refractivity contribution is 0.332. The first-order valence-electron chi connectivity index (χ1n) is 19.4. The summed E-state index contributed by atoms with van der Waals surface area (Å²) in [6.07, 6.45) is 2.44. The van der Waals surface area contributed by atoms with Crippen LogP contribution in [0, 0.1) is 0 Å². The van der Waals surface area contributed by atoms with Gasteiger partial charge in [-0.1, -0.05) is 139 Å². The number of fused-ring (bicyclic) bond motifs is 8. The molecule has 3 heteroatoms. The van der Waals surface area contributed by atoms with E-state index in [1.165, 1.54) is 100 Å². The van der Waals surface area contributed by atoms with Gasteiger partial charge in [0, 0.05) is 27.0 Å². The smallest absolute Gasteiger partial charge is 0.260 e. The summed E-state index contributed by atoms with van der Waals surface area (Å²) in [6.45, 7) is 16.9. The van der Waals surface area contributed by atoms with Crippen LogP contribution in [0.5, 0.6) is 0 Å². The standard InChI is InChI=1S/C50H46BNS/c1-48(2,3)33-22-24-40(35(28-33)32-18-12-9-13-19-32)52-41-21-15-14-20-39(41)51-46-42(52)25-23-34(31-16-10-8-11-17-31)44(46)45-36-29-37-38(30-43(36)53-47(45)51)50(6,7)27-26-49(37,4)5/h8-25,28-30H,26-27H2,1-7H3. The molecule has 0 unspecified atom stereocenters. The van der Waals surface area contributed by atoms with Crippen molar-refractivity contribution in [2.75, 3.05) is 4.90 Å². The normalized spacial score (nSPS) is 16.3. The number of benzene rings is 6. The molecule has 0 fully saturated rings. The highest BCUT2D eigenvalue weighted by Crippen LogP contribution is 2.52. The quantitative estimate of drug-likeness (QED) is 0.166. The lowest BCUT2D eigenvalue weighted by atomic mass is 9.39. The van der Waals surface area contributed by atoms with Crippen LogP contribution < -0.4 is 20.6 Å². The monoisotopic (exact) mass is 703 g/mol. The molecule has 2 aliphatic heterocycles. The van der Waals surface area contributed by atoms with Crippen LogP contribution in [0.4, 0.5) is 17.1 Å². The van der Waals surface area contributed by atoms with E-state index >= 15 is 0 Å². The zero-order chi connectivity index (χ0) is 36.4. The summed E-state index contributed by atoms with van der Waals surface area (Å²) in [5, 5.41) is 1.43. The Bertz CT molecular complexity index is 2600. The van der Waals surface area contributed by atoms with Gasteiger partial charge in [0.15, 0.2) is 0 Å². The zero-order valence-electron chi connectivity index (χ0n) is 32.0. The van der Waals surface area contributed by atoms with E-state index in [1.807, 2.05) is 11.3 Å². The molecule has 0 saturated heterocycles. The number of nitrogens with zero attached hydrogens (tertiary/aromatic N) is 1. The number of anilines is 3. The molecule has 0 N–H and O–H groups in total. The first-order valence-corrected chi connectivity index (χ1v) is 20.2. The number of hydrogen-bond acceptors (Lipinski definition) is 2. The third kappa shape index (κ3) is 4.82. The maximum atomic E-state index is 2.62. The highest BCUT2D eigenvalue weighted by Gasteiger charge is 2.47.